The van der Waals surface area contributed by atoms with Gasteiger partial charge in [0.15, 0.2) is 5.82 Å². The first-order chi connectivity index (χ1) is 13.2. The Balaban J connectivity index is 1.41. The van der Waals surface area contributed by atoms with Crippen LogP contribution >= 0.6 is 23.2 Å². The van der Waals surface area contributed by atoms with E-state index in [-0.39, 0.29) is 0 Å². The van der Waals surface area contributed by atoms with Crippen molar-refractivity contribution in [3.05, 3.63) is 70.5 Å². The molecule has 0 radical (unpaired) electrons. The normalized spacial score (nSPS) is 10.9. The predicted molar refractivity (Wildman–Crippen MR) is 110 cm³/mol. The van der Waals surface area contributed by atoms with E-state index in [2.05, 4.69) is 42.9 Å². The molecule has 0 unspecified atom stereocenters. The quantitative estimate of drug-likeness (QED) is 0.423. The molecule has 0 amide bonds. The fourth-order valence-electron chi connectivity index (χ4n) is 2.82. The predicted octanol–water partition coefficient (Wildman–Crippen LogP) is 5.06. The molecule has 0 saturated heterocycles. The summed E-state index contributed by atoms with van der Waals surface area (Å²) in [6.07, 6.45) is 4.48. The van der Waals surface area contributed by atoms with Gasteiger partial charge in [-0.2, -0.15) is 10.1 Å². The molecule has 3 N–H and O–H groups in total. The Kier molecular flexibility index (Phi) is 5.09. The van der Waals surface area contributed by atoms with Crippen molar-refractivity contribution in [2.24, 2.45) is 0 Å². The molecule has 0 bridgehead atoms. The molecule has 0 fully saturated rings. The maximum Gasteiger partial charge on any atom is 0.249 e. The molecule has 2 heterocycles. The van der Waals surface area contributed by atoms with Gasteiger partial charge in [0.05, 0.1) is 16.9 Å². The average molecular weight is 399 g/mol. The van der Waals surface area contributed by atoms with E-state index in [0.29, 0.717) is 27.5 Å². The van der Waals surface area contributed by atoms with Crippen LogP contribution in [-0.2, 0) is 6.42 Å². The van der Waals surface area contributed by atoms with Crippen LogP contribution in [0.15, 0.2) is 54.9 Å². The van der Waals surface area contributed by atoms with E-state index in [1.807, 2.05) is 18.3 Å². The number of anilines is 3. The number of halogens is 2. The smallest absolute Gasteiger partial charge is 0.249 e. The summed E-state index contributed by atoms with van der Waals surface area (Å²) >= 11 is 12.2. The van der Waals surface area contributed by atoms with Crippen LogP contribution in [-0.4, -0.2) is 26.7 Å². The Morgan fingerprint density at radius 3 is 2.89 bits per heavy atom. The number of H-pyrrole nitrogens is 1. The van der Waals surface area contributed by atoms with Crippen LogP contribution in [0, 0.1) is 0 Å². The first-order valence-electron chi connectivity index (χ1n) is 8.40. The number of benzene rings is 2. The van der Waals surface area contributed by atoms with E-state index in [9.17, 15) is 0 Å². The summed E-state index contributed by atoms with van der Waals surface area (Å²) in [6.45, 7) is 0.720. The van der Waals surface area contributed by atoms with Gasteiger partial charge in [0, 0.05) is 28.7 Å². The van der Waals surface area contributed by atoms with Crippen LogP contribution in [0.1, 0.15) is 5.56 Å². The van der Waals surface area contributed by atoms with Gasteiger partial charge in [0.2, 0.25) is 5.95 Å². The number of rotatable bonds is 6. The number of nitrogens with one attached hydrogen (secondary N) is 3. The van der Waals surface area contributed by atoms with Crippen molar-refractivity contribution in [1.82, 2.24) is 20.2 Å². The SMILES string of the molecule is Clc1ccc(Cl)c(Nc2nncc(NCCc3c[nH]c4ccccc34)n2)c1. The zero-order valence-electron chi connectivity index (χ0n) is 14.2. The highest BCUT2D eigenvalue weighted by atomic mass is 35.5. The van der Waals surface area contributed by atoms with Crippen LogP contribution in [0.2, 0.25) is 10.0 Å². The van der Waals surface area contributed by atoms with Crippen LogP contribution < -0.4 is 10.6 Å². The van der Waals surface area contributed by atoms with Gasteiger partial charge in [-0.05, 0) is 36.2 Å². The van der Waals surface area contributed by atoms with Gasteiger partial charge in [-0.25, -0.2) is 0 Å². The molecule has 0 aliphatic carbocycles. The fraction of sp³-hybridized carbons (Fsp3) is 0.105. The van der Waals surface area contributed by atoms with Crippen molar-refractivity contribution in [1.29, 1.82) is 0 Å². The first-order valence-corrected chi connectivity index (χ1v) is 9.15. The van der Waals surface area contributed by atoms with Crippen molar-refractivity contribution in [3.8, 4) is 0 Å². The van der Waals surface area contributed by atoms with Crippen LogP contribution in [0.25, 0.3) is 10.9 Å². The fourth-order valence-corrected chi connectivity index (χ4v) is 3.16. The maximum atomic E-state index is 6.16. The molecular formula is C19H16Cl2N6. The molecule has 0 aliphatic heterocycles. The number of para-hydroxylation sites is 1. The van der Waals surface area contributed by atoms with Crippen molar-refractivity contribution >= 4 is 51.6 Å². The molecule has 0 spiro atoms. The lowest BCUT2D eigenvalue weighted by molar-refractivity contribution is 0.952. The Bertz CT molecular complexity index is 1080. The summed E-state index contributed by atoms with van der Waals surface area (Å²) < 4.78 is 0. The van der Waals surface area contributed by atoms with Gasteiger partial charge >= 0.3 is 0 Å². The molecule has 0 saturated carbocycles. The van der Waals surface area contributed by atoms with Gasteiger partial charge in [0.1, 0.15) is 0 Å². The standard InChI is InChI=1S/C19H16Cl2N6/c20-13-5-6-15(21)17(9-13)25-19-26-18(11-24-27-19)22-8-7-12-10-23-16-4-2-1-3-14(12)16/h1-6,9-11,23H,7-8H2,(H2,22,25,26,27). The van der Waals surface area contributed by atoms with E-state index < -0.39 is 0 Å². The van der Waals surface area contributed by atoms with E-state index in [0.717, 1.165) is 18.5 Å². The molecule has 136 valence electrons. The second kappa shape index (κ2) is 7.82. The largest absolute Gasteiger partial charge is 0.368 e. The highest BCUT2D eigenvalue weighted by Gasteiger charge is 2.06. The second-order valence-electron chi connectivity index (χ2n) is 5.95. The molecule has 8 heteroatoms. The van der Waals surface area contributed by atoms with Crippen molar-refractivity contribution in [2.75, 3.05) is 17.2 Å². The zero-order valence-corrected chi connectivity index (χ0v) is 15.7. The number of hydrogen-bond donors (Lipinski definition) is 3. The summed E-state index contributed by atoms with van der Waals surface area (Å²) in [4.78, 5) is 7.70. The monoisotopic (exact) mass is 398 g/mol. The number of hydrogen-bond acceptors (Lipinski definition) is 5. The van der Waals surface area contributed by atoms with Crippen molar-refractivity contribution in [2.45, 2.75) is 6.42 Å². The van der Waals surface area contributed by atoms with E-state index in [1.165, 1.54) is 10.9 Å². The number of fused-ring (bicyclic) bond motifs is 1. The Hall–Kier alpha value is -2.83. The van der Waals surface area contributed by atoms with Crippen molar-refractivity contribution in [3.63, 3.8) is 0 Å². The molecule has 27 heavy (non-hydrogen) atoms. The molecular weight excluding hydrogens is 383 g/mol. The number of aromatic nitrogens is 4. The lowest BCUT2D eigenvalue weighted by atomic mass is 10.1. The molecule has 6 nitrogen and oxygen atoms in total. The molecule has 2 aromatic heterocycles. The number of aromatic amines is 1. The highest BCUT2D eigenvalue weighted by Crippen LogP contribution is 2.27. The van der Waals surface area contributed by atoms with Crippen LogP contribution in [0.3, 0.4) is 0 Å². The van der Waals surface area contributed by atoms with E-state index in [1.54, 1.807) is 24.4 Å². The highest BCUT2D eigenvalue weighted by molar-refractivity contribution is 6.35. The molecule has 0 aliphatic rings. The Morgan fingerprint density at radius 2 is 1.96 bits per heavy atom. The summed E-state index contributed by atoms with van der Waals surface area (Å²) in [6, 6.07) is 13.4. The lowest BCUT2D eigenvalue weighted by Gasteiger charge is -2.09. The van der Waals surface area contributed by atoms with E-state index >= 15 is 0 Å². The molecule has 4 aromatic rings. The van der Waals surface area contributed by atoms with Gasteiger partial charge < -0.3 is 15.6 Å². The van der Waals surface area contributed by atoms with Gasteiger partial charge in [0.25, 0.3) is 0 Å². The van der Waals surface area contributed by atoms with Crippen LogP contribution in [0.4, 0.5) is 17.5 Å². The van der Waals surface area contributed by atoms with Gasteiger partial charge in [-0.3, -0.25) is 0 Å². The topological polar surface area (TPSA) is 78.5 Å². The van der Waals surface area contributed by atoms with Crippen LogP contribution in [0.5, 0.6) is 0 Å². The Labute approximate surface area is 165 Å². The van der Waals surface area contributed by atoms with E-state index in [4.69, 9.17) is 23.2 Å². The third-order valence-corrected chi connectivity index (χ3v) is 4.67. The molecule has 2 aromatic carbocycles. The summed E-state index contributed by atoms with van der Waals surface area (Å²) in [5.74, 6) is 0.974. The lowest BCUT2D eigenvalue weighted by Crippen LogP contribution is -2.08. The third-order valence-electron chi connectivity index (χ3n) is 4.11. The van der Waals surface area contributed by atoms with Gasteiger partial charge in [-0.15, -0.1) is 5.10 Å². The minimum atomic E-state index is 0.344. The summed E-state index contributed by atoms with van der Waals surface area (Å²) in [5, 5.41) is 16.6. The minimum absolute atomic E-state index is 0.344. The second-order valence-corrected chi connectivity index (χ2v) is 6.79. The van der Waals surface area contributed by atoms with Crippen molar-refractivity contribution < 1.29 is 0 Å². The first kappa shape index (κ1) is 17.6. The minimum Gasteiger partial charge on any atom is -0.368 e. The number of nitrogens with zero attached hydrogens (tertiary/aromatic N) is 3. The Morgan fingerprint density at radius 1 is 1.07 bits per heavy atom. The summed E-state index contributed by atoms with van der Waals surface area (Å²) in [5.41, 5.74) is 3.02. The maximum absolute atomic E-state index is 6.16. The zero-order chi connectivity index (χ0) is 18.6. The van der Waals surface area contributed by atoms with Gasteiger partial charge in [-0.1, -0.05) is 41.4 Å². The molecule has 4 rings (SSSR count). The summed E-state index contributed by atoms with van der Waals surface area (Å²) in [7, 11) is 0. The third kappa shape index (κ3) is 4.13. The average Bonchev–Trinajstić information content (AvgIpc) is 3.08. The molecule has 0 atom stereocenters.